The van der Waals surface area contributed by atoms with E-state index in [0.29, 0.717) is 0 Å². The molecule has 1 unspecified atom stereocenters. The van der Waals surface area contributed by atoms with Gasteiger partial charge in [0.15, 0.2) is 0 Å². The van der Waals surface area contributed by atoms with Gasteiger partial charge in [-0.05, 0) is 37.2 Å². The molecular weight excluding hydrogens is 258 g/mol. The number of ether oxygens (including phenoxy) is 1. The standard InChI is InChI=1S/C11H14BrNO2/c1-7-4-5-8(12)6-9(7)10(13-2)11(14)15-3/h4-6,10,13H,1-3H3. The fraction of sp³-hybridized carbons (Fsp3) is 0.364. The molecule has 0 radical (unpaired) electrons. The van der Waals surface area contributed by atoms with Crippen LogP contribution in [0.25, 0.3) is 0 Å². The molecule has 0 amide bonds. The zero-order chi connectivity index (χ0) is 11.4. The van der Waals surface area contributed by atoms with Gasteiger partial charge in [0.2, 0.25) is 0 Å². The van der Waals surface area contributed by atoms with Crippen molar-refractivity contribution >= 4 is 21.9 Å². The maximum atomic E-state index is 11.5. The summed E-state index contributed by atoms with van der Waals surface area (Å²) in [6.45, 7) is 1.97. The van der Waals surface area contributed by atoms with Crippen molar-refractivity contribution in [2.45, 2.75) is 13.0 Å². The first-order chi connectivity index (χ1) is 7.10. The Morgan fingerprint density at radius 1 is 1.53 bits per heavy atom. The van der Waals surface area contributed by atoms with Gasteiger partial charge in [-0.2, -0.15) is 0 Å². The van der Waals surface area contributed by atoms with E-state index in [2.05, 4.69) is 21.2 Å². The Kier molecular flexibility index (Phi) is 4.29. The Bertz CT molecular complexity index is 366. The van der Waals surface area contributed by atoms with Crippen LogP contribution in [0.3, 0.4) is 0 Å². The van der Waals surface area contributed by atoms with Gasteiger partial charge in [0.25, 0.3) is 0 Å². The van der Waals surface area contributed by atoms with Crippen LogP contribution in [0.15, 0.2) is 22.7 Å². The number of benzene rings is 1. The highest BCUT2D eigenvalue weighted by molar-refractivity contribution is 9.10. The van der Waals surface area contributed by atoms with Gasteiger partial charge >= 0.3 is 5.97 Å². The average molecular weight is 272 g/mol. The van der Waals surface area contributed by atoms with E-state index in [4.69, 9.17) is 4.74 Å². The molecular formula is C11H14BrNO2. The summed E-state index contributed by atoms with van der Waals surface area (Å²) in [6, 6.07) is 5.43. The second-order valence-electron chi connectivity index (χ2n) is 3.25. The van der Waals surface area contributed by atoms with E-state index in [0.717, 1.165) is 15.6 Å². The van der Waals surface area contributed by atoms with Crippen molar-refractivity contribution in [3.63, 3.8) is 0 Å². The van der Waals surface area contributed by atoms with E-state index >= 15 is 0 Å². The van der Waals surface area contributed by atoms with Crippen LogP contribution in [-0.2, 0) is 9.53 Å². The minimum Gasteiger partial charge on any atom is -0.468 e. The lowest BCUT2D eigenvalue weighted by Gasteiger charge is -2.16. The first-order valence-corrected chi connectivity index (χ1v) is 5.40. The monoisotopic (exact) mass is 271 g/mol. The summed E-state index contributed by atoms with van der Waals surface area (Å²) in [5.41, 5.74) is 1.99. The van der Waals surface area contributed by atoms with Crippen molar-refractivity contribution in [1.29, 1.82) is 0 Å². The number of aryl methyl sites for hydroxylation is 1. The van der Waals surface area contributed by atoms with Gasteiger partial charge in [0, 0.05) is 4.47 Å². The van der Waals surface area contributed by atoms with E-state index in [1.54, 1.807) is 7.05 Å². The molecule has 4 heteroatoms. The third kappa shape index (κ3) is 2.79. The summed E-state index contributed by atoms with van der Waals surface area (Å²) >= 11 is 3.38. The quantitative estimate of drug-likeness (QED) is 0.857. The summed E-state index contributed by atoms with van der Waals surface area (Å²) in [7, 11) is 3.13. The van der Waals surface area contributed by atoms with E-state index in [-0.39, 0.29) is 5.97 Å². The maximum Gasteiger partial charge on any atom is 0.327 e. The summed E-state index contributed by atoms with van der Waals surface area (Å²) in [6.07, 6.45) is 0. The molecule has 0 heterocycles. The molecule has 1 N–H and O–H groups in total. The van der Waals surface area contributed by atoms with Crippen LogP contribution in [0.1, 0.15) is 17.2 Å². The van der Waals surface area contributed by atoms with Crippen molar-refractivity contribution < 1.29 is 9.53 Å². The highest BCUT2D eigenvalue weighted by Gasteiger charge is 2.20. The number of halogens is 1. The molecule has 0 aromatic heterocycles. The lowest BCUT2D eigenvalue weighted by atomic mass is 10.0. The van der Waals surface area contributed by atoms with Crippen molar-refractivity contribution in [3.05, 3.63) is 33.8 Å². The minimum atomic E-state index is -0.410. The maximum absolute atomic E-state index is 11.5. The minimum absolute atomic E-state index is 0.279. The Morgan fingerprint density at radius 2 is 2.20 bits per heavy atom. The van der Waals surface area contributed by atoms with Gasteiger partial charge in [-0.15, -0.1) is 0 Å². The highest BCUT2D eigenvalue weighted by atomic mass is 79.9. The van der Waals surface area contributed by atoms with Gasteiger partial charge in [0.05, 0.1) is 7.11 Å². The molecule has 0 saturated carbocycles. The molecule has 3 nitrogen and oxygen atoms in total. The molecule has 0 aliphatic carbocycles. The van der Waals surface area contributed by atoms with Crippen molar-refractivity contribution in [2.75, 3.05) is 14.2 Å². The van der Waals surface area contributed by atoms with Crippen LogP contribution < -0.4 is 5.32 Å². The van der Waals surface area contributed by atoms with Crippen molar-refractivity contribution in [1.82, 2.24) is 5.32 Å². The number of nitrogens with one attached hydrogen (secondary N) is 1. The van der Waals surface area contributed by atoms with Gasteiger partial charge in [-0.3, -0.25) is 0 Å². The fourth-order valence-electron chi connectivity index (χ4n) is 1.44. The number of hydrogen-bond acceptors (Lipinski definition) is 3. The smallest absolute Gasteiger partial charge is 0.327 e. The fourth-order valence-corrected chi connectivity index (χ4v) is 1.82. The Balaban J connectivity index is 3.11. The summed E-state index contributed by atoms with van der Waals surface area (Å²) in [4.78, 5) is 11.5. The van der Waals surface area contributed by atoms with Gasteiger partial charge in [0.1, 0.15) is 6.04 Å². The Morgan fingerprint density at radius 3 is 2.73 bits per heavy atom. The number of rotatable bonds is 3. The number of methoxy groups -OCH3 is 1. The van der Waals surface area contributed by atoms with E-state index in [1.807, 2.05) is 25.1 Å². The lowest BCUT2D eigenvalue weighted by Crippen LogP contribution is -2.27. The lowest BCUT2D eigenvalue weighted by molar-refractivity contribution is -0.143. The third-order valence-electron chi connectivity index (χ3n) is 2.28. The average Bonchev–Trinajstić information content (AvgIpc) is 2.23. The second-order valence-corrected chi connectivity index (χ2v) is 4.16. The molecule has 0 saturated heterocycles. The topological polar surface area (TPSA) is 38.3 Å². The molecule has 0 aliphatic rings. The van der Waals surface area contributed by atoms with Gasteiger partial charge < -0.3 is 10.1 Å². The molecule has 1 aromatic rings. The normalized spacial score (nSPS) is 12.3. The Labute approximate surface area is 97.9 Å². The predicted octanol–water partition coefficient (Wildman–Crippen LogP) is 2.19. The molecule has 0 fully saturated rings. The molecule has 0 aliphatic heterocycles. The summed E-state index contributed by atoms with van der Waals surface area (Å²) in [5, 5.41) is 2.94. The number of carbonyl (C=O) groups is 1. The van der Waals surface area contributed by atoms with Crippen LogP contribution in [0.4, 0.5) is 0 Å². The molecule has 0 spiro atoms. The first kappa shape index (κ1) is 12.2. The zero-order valence-corrected chi connectivity index (χ0v) is 10.6. The molecule has 15 heavy (non-hydrogen) atoms. The third-order valence-corrected chi connectivity index (χ3v) is 2.77. The first-order valence-electron chi connectivity index (χ1n) is 4.61. The van der Waals surface area contributed by atoms with E-state index < -0.39 is 6.04 Å². The number of hydrogen-bond donors (Lipinski definition) is 1. The highest BCUT2D eigenvalue weighted by Crippen LogP contribution is 2.22. The largest absolute Gasteiger partial charge is 0.468 e. The van der Waals surface area contributed by atoms with Crippen molar-refractivity contribution in [2.24, 2.45) is 0 Å². The molecule has 1 aromatic carbocycles. The van der Waals surface area contributed by atoms with Gasteiger partial charge in [-0.25, -0.2) is 4.79 Å². The van der Waals surface area contributed by atoms with Crippen LogP contribution >= 0.6 is 15.9 Å². The summed E-state index contributed by atoms with van der Waals surface area (Å²) in [5.74, 6) is -0.279. The van der Waals surface area contributed by atoms with Crippen LogP contribution in [0.5, 0.6) is 0 Å². The zero-order valence-electron chi connectivity index (χ0n) is 9.00. The number of carbonyl (C=O) groups excluding carboxylic acids is 1. The molecule has 1 rings (SSSR count). The summed E-state index contributed by atoms with van der Waals surface area (Å²) < 4.78 is 5.69. The van der Waals surface area contributed by atoms with Gasteiger partial charge in [-0.1, -0.05) is 22.0 Å². The van der Waals surface area contributed by atoms with E-state index in [9.17, 15) is 4.79 Å². The molecule has 82 valence electrons. The van der Waals surface area contributed by atoms with Crippen LogP contribution in [-0.4, -0.2) is 20.1 Å². The van der Waals surface area contributed by atoms with Crippen molar-refractivity contribution in [3.8, 4) is 0 Å². The van der Waals surface area contributed by atoms with Crippen LogP contribution in [0.2, 0.25) is 0 Å². The second kappa shape index (κ2) is 5.28. The molecule has 1 atom stereocenters. The number of esters is 1. The predicted molar refractivity (Wildman–Crippen MR) is 62.7 cm³/mol. The number of likely N-dealkylation sites (N-methyl/N-ethyl adjacent to an activating group) is 1. The van der Waals surface area contributed by atoms with E-state index in [1.165, 1.54) is 7.11 Å². The molecule has 0 bridgehead atoms. The Hall–Kier alpha value is -0.870. The van der Waals surface area contributed by atoms with Crippen LogP contribution in [0, 0.1) is 6.92 Å². The SMILES string of the molecule is CNC(C(=O)OC)c1cc(Br)ccc1C.